The van der Waals surface area contributed by atoms with Crippen molar-refractivity contribution in [3.05, 3.63) is 83.0 Å². The van der Waals surface area contributed by atoms with Crippen molar-refractivity contribution in [2.45, 2.75) is 47.0 Å². The van der Waals surface area contributed by atoms with Crippen LogP contribution in [-0.4, -0.2) is 4.40 Å². The number of benzene rings is 4. The van der Waals surface area contributed by atoms with Crippen LogP contribution in [0.3, 0.4) is 0 Å². The van der Waals surface area contributed by atoms with Gasteiger partial charge >= 0.3 is 0 Å². The van der Waals surface area contributed by atoms with E-state index in [-0.39, 0.29) is 5.41 Å². The van der Waals surface area contributed by atoms with Gasteiger partial charge in [0.1, 0.15) is 7.05 Å². The molecule has 7 rings (SSSR count). The van der Waals surface area contributed by atoms with Crippen LogP contribution in [0.1, 0.15) is 43.0 Å². The van der Waals surface area contributed by atoms with E-state index >= 15 is 0 Å². The average Bonchev–Trinajstić information content (AvgIpc) is 3.16. The molecule has 0 fully saturated rings. The third kappa shape index (κ3) is 2.47. The van der Waals surface area contributed by atoms with Gasteiger partial charge in [0.25, 0.3) is 0 Å². The first-order chi connectivity index (χ1) is 16.7. The molecule has 0 unspecified atom stereocenters. The fourth-order valence-electron chi connectivity index (χ4n) is 6.62. The summed E-state index contributed by atoms with van der Waals surface area (Å²) in [7, 11) is 2.20. The summed E-state index contributed by atoms with van der Waals surface area (Å²) >= 11 is 0. The first kappa shape index (κ1) is 20.7. The SMILES string of the molecule is Cc1ccc2c(C)c3c(c(C)c2c1)c1c2c(ccc4c5cccc(C(C)(C)C)c5n3c42)cc[n+]1C. The van der Waals surface area contributed by atoms with Crippen LogP contribution in [0.5, 0.6) is 0 Å². The molecule has 0 saturated heterocycles. The van der Waals surface area contributed by atoms with E-state index in [0.717, 1.165) is 0 Å². The maximum atomic E-state index is 2.62. The minimum atomic E-state index is 0.0329. The summed E-state index contributed by atoms with van der Waals surface area (Å²) in [4.78, 5) is 0. The summed E-state index contributed by atoms with van der Waals surface area (Å²) in [5.41, 5.74) is 10.8. The molecule has 0 saturated carbocycles. The molecule has 0 aliphatic carbocycles. The second kappa shape index (κ2) is 6.51. The molecule has 0 aliphatic heterocycles. The van der Waals surface area contributed by atoms with Crippen LogP contribution in [0.15, 0.2) is 60.8 Å². The Morgan fingerprint density at radius 2 is 1.43 bits per heavy atom. The number of rotatable bonds is 0. The molecular formula is C33H31N2+. The molecule has 0 bridgehead atoms. The number of aromatic nitrogens is 2. The van der Waals surface area contributed by atoms with Crippen LogP contribution < -0.4 is 4.57 Å². The fourth-order valence-corrected chi connectivity index (χ4v) is 6.62. The smallest absolute Gasteiger partial charge is 0.224 e. The average molecular weight is 456 g/mol. The Labute approximate surface area is 205 Å². The molecule has 0 spiro atoms. The van der Waals surface area contributed by atoms with Gasteiger partial charge in [-0.1, -0.05) is 74.9 Å². The zero-order valence-electron chi connectivity index (χ0n) is 21.7. The van der Waals surface area contributed by atoms with Crippen LogP contribution in [0.25, 0.3) is 59.8 Å². The maximum Gasteiger partial charge on any atom is 0.224 e. The fraction of sp³-hybridized carbons (Fsp3) is 0.242. The summed E-state index contributed by atoms with van der Waals surface area (Å²) in [6.07, 6.45) is 2.22. The molecule has 0 aliphatic rings. The summed E-state index contributed by atoms with van der Waals surface area (Å²) in [5.74, 6) is 0. The number of pyridine rings is 2. The Balaban J connectivity index is 1.97. The number of fused-ring (bicyclic) bond motifs is 7. The van der Waals surface area contributed by atoms with E-state index in [4.69, 9.17) is 0 Å². The molecule has 0 radical (unpaired) electrons. The Morgan fingerprint density at radius 1 is 0.686 bits per heavy atom. The molecule has 35 heavy (non-hydrogen) atoms. The first-order valence-corrected chi connectivity index (χ1v) is 12.6. The highest BCUT2D eigenvalue weighted by Gasteiger charge is 2.28. The van der Waals surface area contributed by atoms with E-state index in [0.29, 0.717) is 0 Å². The largest absolute Gasteiger partial charge is 0.307 e. The lowest BCUT2D eigenvalue weighted by atomic mass is 9.85. The lowest BCUT2D eigenvalue weighted by molar-refractivity contribution is -0.643. The van der Waals surface area contributed by atoms with Gasteiger partial charge < -0.3 is 4.40 Å². The molecule has 4 aromatic carbocycles. The van der Waals surface area contributed by atoms with Gasteiger partial charge in [0.05, 0.1) is 27.3 Å². The lowest BCUT2D eigenvalue weighted by Crippen LogP contribution is -2.29. The number of hydrogen-bond donors (Lipinski definition) is 0. The van der Waals surface area contributed by atoms with Crippen molar-refractivity contribution in [2.75, 3.05) is 0 Å². The highest BCUT2D eigenvalue weighted by Crippen LogP contribution is 2.45. The third-order valence-electron chi connectivity index (χ3n) is 8.27. The summed E-state index contributed by atoms with van der Waals surface area (Å²) in [6.45, 7) is 13.8. The number of para-hydroxylation sites is 1. The van der Waals surface area contributed by atoms with Crippen LogP contribution in [0.2, 0.25) is 0 Å². The second-order valence-corrected chi connectivity index (χ2v) is 11.5. The van der Waals surface area contributed by atoms with E-state index < -0.39 is 0 Å². The van der Waals surface area contributed by atoms with Gasteiger partial charge in [-0.3, -0.25) is 0 Å². The molecular weight excluding hydrogens is 424 g/mol. The van der Waals surface area contributed by atoms with Crippen molar-refractivity contribution in [3.8, 4) is 0 Å². The van der Waals surface area contributed by atoms with E-state index in [1.807, 2.05) is 0 Å². The molecule has 0 N–H and O–H groups in total. The van der Waals surface area contributed by atoms with Gasteiger partial charge in [0.2, 0.25) is 5.52 Å². The van der Waals surface area contributed by atoms with Crippen LogP contribution >= 0.6 is 0 Å². The lowest BCUT2D eigenvalue weighted by Gasteiger charge is -2.22. The molecule has 0 amide bonds. The minimum absolute atomic E-state index is 0.0329. The zero-order chi connectivity index (χ0) is 24.4. The number of nitrogens with zero attached hydrogens (tertiary/aromatic N) is 2. The molecule has 0 atom stereocenters. The van der Waals surface area contributed by atoms with Crippen molar-refractivity contribution in [3.63, 3.8) is 0 Å². The second-order valence-electron chi connectivity index (χ2n) is 11.5. The van der Waals surface area contributed by atoms with Crippen molar-refractivity contribution in [2.24, 2.45) is 7.05 Å². The Morgan fingerprint density at radius 3 is 2.20 bits per heavy atom. The standard InChI is InChI=1S/C33H31N2/c1-18-11-13-22-20(3)29-27(19(2)25(22)17-18)32-28-21(15-16-34(32)7)12-14-24-23-9-8-10-26(33(4,5)6)30(23)35(29)31(24)28/h8-17H,1-7H3/q+1. The molecule has 172 valence electrons. The molecule has 2 nitrogen and oxygen atoms in total. The van der Waals surface area contributed by atoms with Crippen LogP contribution in [0, 0.1) is 20.8 Å². The van der Waals surface area contributed by atoms with Gasteiger partial charge in [-0.15, -0.1) is 0 Å². The van der Waals surface area contributed by atoms with E-state index in [1.54, 1.807) is 0 Å². The van der Waals surface area contributed by atoms with Crippen LogP contribution in [-0.2, 0) is 12.5 Å². The van der Waals surface area contributed by atoms with Crippen molar-refractivity contribution in [1.82, 2.24) is 4.40 Å². The minimum Gasteiger partial charge on any atom is -0.307 e. The van der Waals surface area contributed by atoms with Crippen molar-refractivity contribution >= 4 is 59.8 Å². The molecule has 3 aromatic heterocycles. The quantitative estimate of drug-likeness (QED) is 0.124. The highest BCUT2D eigenvalue weighted by atomic mass is 15.0. The van der Waals surface area contributed by atoms with Crippen molar-refractivity contribution in [1.29, 1.82) is 0 Å². The summed E-state index contributed by atoms with van der Waals surface area (Å²) < 4.78 is 4.96. The Hall–Kier alpha value is -3.65. The predicted octanol–water partition coefficient (Wildman–Crippen LogP) is 8.19. The normalized spacial score (nSPS) is 13.0. The van der Waals surface area contributed by atoms with Crippen LogP contribution in [0.4, 0.5) is 0 Å². The van der Waals surface area contributed by atoms with E-state index in [2.05, 4.69) is 118 Å². The van der Waals surface area contributed by atoms with E-state index in [1.165, 1.54) is 82.0 Å². The maximum absolute atomic E-state index is 2.62. The Kier molecular flexibility index (Phi) is 3.85. The van der Waals surface area contributed by atoms with Gasteiger partial charge in [-0.2, -0.15) is 0 Å². The zero-order valence-corrected chi connectivity index (χ0v) is 21.7. The first-order valence-electron chi connectivity index (χ1n) is 12.6. The van der Waals surface area contributed by atoms with E-state index in [9.17, 15) is 0 Å². The molecule has 3 heterocycles. The molecule has 2 heteroatoms. The third-order valence-corrected chi connectivity index (χ3v) is 8.27. The topological polar surface area (TPSA) is 8.29 Å². The monoisotopic (exact) mass is 455 g/mol. The molecule has 7 aromatic rings. The number of hydrogen-bond acceptors (Lipinski definition) is 0. The van der Waals surface area contributed by atoms with Gasteiger partial charge in [0.15, 0.2) is 6.20 Å². The summed E-state index contributed by atoms with van der Waals surface area (Å²) in [6, 6.07) is 20.7. The van der Waals surface area contributed by atoms with Crippen molar-refractivity contribution < 1.29 is 4.57 Å². The highest BCUT2D eigenvalue weighted by molar-refractivity contribution is 6.29. The Bertz CT molecular complexity index is 2010. The van der Waals surface area contributed by atoms with Gasteiger partial charge in [0, 0.05) is 16.8 Å². The van der Waals surface area contributed by atoms with Gasteiger partial charge in [-0.25, -0.2) is 4.57 Å². The number of aryl methyl sites for hydroxylation is 4. The van der Waals surface area contributed by atoms with Gasteiger partial charge in [-0.05, 0) is 59.0 Å². The summed E-state index contributed by atoms with van der Waals surface area (Å²) in [5, 5.41) is 9.45. The predicted molar refractivity (Wildman–Crippen MR) is 150 cm³/mol.